The lowest BCUT2D eigenvalue weighted by atomic mass is 9.85. The number of hydrogen-bond acceptors (Lipinski definition) is 4. The molecule has 2 rings (SSSR count). The molecule has 0 heterocycles. The second-order valence-corrected chi connectivity index (χ2v) is 7.01. The van der Waals surface area contributed by atoms with E-state index in [2.05, 4.69) is 17.9 Å². The van der Waals surface area contributed by atoms with Crippen LogP contribution in [0.5, 0.6) is 0 Å². The van der Waals surface area contributed by atoms with Crippen molar-refractivity contribution in [3.05, 3.63) is 35.4 Å². The van der Waals surface area contributed by atoms with Crippen LogP contribution in [0, 0.1) is 5.41 Å². The summed E-state index contributed by atoms with van der Waals surface area (Å²) in [6.07, 6.45) is 3.59. The second-order valence-electron chi connectivity index (χ2n) is 5.71. The molecule has 1 aliphatic rings. The van der Waals surface area contributed by atoms with E-state index in [-0.39, 0.29) is 5.91 Å². The number of benzene rings is 1. The molecule has 2 N–H and O–H groups in total. The molecular formula is C16H21NO3S2. The molecule has 0 spiro atoms. The van der Waals surface area contributed by atoms with Crippen molar-refractivity contribution < 1.29 is 14.7 Å². The average molecular weight is 339 g/mol. The standard InChI is InChI=1S/C16H21NO3S2/c1-22-7-6-13(14(18)19)17-15(20)16(10-21)8-11-4-2-3-5-12(11)9-16/h2-5,13,21H,6-10H2,1H3,(H,17,20)(H,18,19). The van der Waals surface area contributed by atoms with Crippen molar-refractivity contribution in [3.63, 3.8) is 0 Å². The summed E-state index contributed by atoms with van der Waals surface area (Å²) in [5.74, 6) is -0.0762. The summed E-state index contributed by atoms with van der Waals surface area (Å²) in [7, 11) is 0. The molecule has 22 heavy (non-hydrogen) atoms. The van der Waals surface area contributed by atoms with Gasteiger partial charge in [0.15, 0.2) is 0 Å². The van der Waals surface area contributed by atoms with Crippen LogP contribution in [-0.2, 0) is 22.4 Å². The van der Waals surface area contributed by atoms with Crippen LogP contribution >= 0.6 is 24.4 Å². The van der Waals surface area contributed by atoms with E-state index in [9.17, 15) is 14.7 Å². The quantitative estimate of drug-likeness (QED) is 0.665. The Morgan fingerprint density at radius 3 is 2.41 bits per heavy atom. The molecule has 1 aliphatic carbocycles. The highest BCUT2D eigenvalue weighted by atomic mass is 32.2. The molecule has 120 valence electrons. The Morgan fingerprint density at radius 2 is 1.95 bits per heavy atom. The monoisotopic (exact) mass is 339 g/mol. The van der Waals surface area contributed by atoms with Gasteiger partial charge in [-0.25, -0.2) is 4.79 Å². The van der Waals surface area contributed by atoms with Gasteiger partial charge < -0.3 is 10.4 Å². The van der Waals surface area contributed by atoms with E-state index in [1.165, 1.54) is 0 Å². The van der Waals surface area contributed by atoms with E-state index in [0.717, 1.165) is 11.1 Å². The summed E-state index contributed by atoms with van der Waals surface area (Å²) in [6, 6.07) is 7.14. The van der Waals surface area contributed by atoms with Crippen molar-refractivity contribution >= 4 is 36.3 Å². The van der Waals surface area contributed by atoms with Gasteiger partial charge in [0.2, 0.25) is 5.91 Å². The molecule has 0 aliphatic heterocycles. The highest BCUT2D eigenvalue weighted by Crippen LogP contribution is 2.38. The van der Waals surface area contributed by atoms with Crippen LogP contribution in [0.1, 0.15) is 17.5 Å². The predicted octanol–water partition coefficient (Wildman–Crippen LogP) is 2.02. The fourth-order valence-corrected chi connectivity index (χ4v) is 3.68. The smallest absolute Gasteiger partial charge is 0.326 e. The molecule has 1 aromatic carbocycles. The van der Waals surface area contributed by atoms with Crippen molar-refractivity contribution in [2.45, 2.75) is 25.3 Å². The maximum Gasteiger partial charge on any atom is 0.326 e. The average Bonchev–Trinajstić information content (AvgIpc) is 2.91. The largest absolute Gasteiger partial charge is 0.480 e. The number of hydrogen-bond donors (Lipinski definition) is 3. The molecule has 0 saturated carbocycles. The Hall–Kier alpha value is -1.14. The highest BCUT2D eigenvalue weighted by molar-refractivity contribution is 7.98. The summed E-state index contributed by atoms with van der Waals surface area (Å²) in [6.45, 7) is 0. The van der Waals surface area contributed by atoms with Gasteiger partial charge in [-0.15, -0.1) is 0 Å². The molecule has 0 bridgehead atoms. The van der Waals surface area contributed by atoms with E-state index in [4.69, 9.17) is 0 Å². The molecule has 0 aromatic heterocycles. The van der Waals surface area contributed by atoms with Gasteiger partial charge in [0.1, 0.15) is 6.04 Å². The normalized spacial score (nSPS) is 16.8. The molecule has 1 amide bonds. The van der Waals surface area contributed by atoms with Crippen LogP contribution in [0.3, 0.4) is 0 Å². The van der Waals surface area contributed by atoms with E-state index >= 15 is 0 Å². The lowest BCUT2D eigenvalue weighted by Crippen LogP contribution is -2.50. The first kappa shape index (κ1) is 17.2. The van der Waals surface area contributed by atoms with Crippen LogP contribution in [0.2, 0.25) is 0 Å². The predicted molar refractivity (Wildman–Crippen MR) is 92.7 cm³/mol. The first-order chi connectivity index (χ1) is 10.5. The van der Waals surface area contributed by atoms with Gasteiger partial charge in [0.25, 0.3) is 0 Å². The first-order valence-electron chi connectivity index (χ1n) is 7.23. The maximum atomic E-state index is 12.7. The number of thioether (sulfide) groups is 1. The minimum absolute atomic E-state index is 0.202. The topological polar surface area (TPSA) is 66.4 Å². The van der Waals surface area contributed by atoms with Gasteiger partial charge in [-0.05, 0) is 42.4 Å². The molecule has 0 saturated heterocycles. The molecule has 1 atom stereocenters. The summed E-state index contributed by atoms with van der Waals surface area (Å²) < 4.78 is 0. The molecule has 0 fully saturated rings. The number of carbonyl (C=O) groups is 2. The number of amides is 1. The Kier molecular flexibility index (Phi) is 5.81. The van der Waals surface area contributed by atoms with E-state index in [1.807, 2.05) is 30.5 Å². The fraction of sp³-hybridized carbons (Fsp3) is 0.500. The van der Waals surface area contributed by atoms with E-state index < -0.39 is 17.4 Å². The van der Waals surface area contributed by atoms with Crippen molar-refractivity contribution in [3.8, 4) is 0 Å². The van der Waals surface area contributed by atoms with Gasteiger partial charge in [0.05, 0.1) is 5.41 Å². The fourth-order valence-electron chi connectivity index (χ4n) is 2.84. The van der Waals surface area contributed by atoms with Gasteiger partial charge in [-0.1, -0.05) is 24.3 Å². The Bertz CT molecular complexity index is 537. The zero-order valence-corrected chi connectivity index (χ0v) is 14.3. The third-order valence-electron chi connectivity index (χ3n) is 4.17. The van der Waals surface area contributed by atoms with Crippen molar-refractivity contribution in [2.75, 3.05) is 17.8 Å². The zero-order valence-electron chi connectivity index (χ0n) is 12.5. The summed E-state index contributed by atoms with van der Waals surface area (Å²) in [5, 5.41) is 12.0. The first-order valence-corrected chi connectivity index (χ1v) is 9.25. The van der Waals surface area contributed by atoms with Gasteiger partial charge in [-0.3, -0.25) is 4.79 Å². The molecule has 1 unspecified atom stereocenters. The molecule has 6 heteroatoms. The number of aliphatic carboxylic acids is 1. The summed E-state index contributed by atoms with van der Waals surface area (Å²) >= 11 is 5.95. The minimum atomic E-state index is -0.979. The van der Waals surface area contributed by atoms with Crippen LogP contribution in [-0.4, -0.2) is 40.8 Å². The minimum Gasteiger partial charge on any atom is -0.480 e. The van der Waals surface area contributed by atoms with Crippen LogP contribution in [0.15, 0.2) is 24.3 Å². The Morgan fingerprint density at radius 1 is 1.36 bits per heavy atom. The highest BCUT2D eigenvalue weighted by Gasteiger charge is 2.43. The molecule has 4 nitrogen and oxygen atoms in total. The number of thiol groups is 1. The lowest BCUT2D eigenvalue weighted by molar-refractivity contribution is -0.143. The SMILES string of the molecule is CSCCC(NC(=O)C1(CS)Cc2ccccc2C1)C(=O)O. The summed E-state index contributed by atoms with van der Waals surface area (Å²) in [4.78, 5) is 24.0. The number of carboxylic acid groups (broad SMARTS) is 1. The van der Waals surface area contributed by atoms with Gasteiger partial charge in [0, 0.05) is 5.75 Å². The zero-order chi connectivity index (χ0) is 16.2. The van der Waals surface area contributed by atoms with Crippen molar-refractivity contribution in [2.24, 2.45) is 5.41 Å². The Balaban J connectivity index is 2.11. The molecular weight excluding hydrogens is 318 g/mol. The molecule has 0 radical (unpaired) electrons. The van der Waals surface area contributed by atoms with Crippen LogP contribution < -0.4 is 5.32 Å². The van der Waals surface area contributed by atoms with Gasteiger partial charge in [-0.2, -0.15) is 24.4 Å². The van der Waals surface area contributed by atoms with Crippen molar-refractivity contribution in [1.82, 2.24) is 5.32 Å². The van der Waals surface area contributed by atoms with E-state index in [1.54, 1.807) is 11.8 Å². The van der Waals surface area contributed by atoms with Gasteiger partial charge >= 0.3 is 5.97 Å². The number of nitrogens with one attached hydrogen (secondary N) is 1. The number of rotatable bonds is 7. The molecule has 1 aromatic rings. The second kappa shape index (κ2) is 7.42. The Labute approximate surface area is 140 Å². The van der Waals surface area contributed by atoms with Crippen molar-refractivity contribution in [1.29, 1.82) is 0 Å². The third-order valence-corrected chi connectivity index (χ3v) is 5.42. The van der Waals surface area contributed by atoms with E-state index in [0.29, 0.717) is 30.8 Å². The third kappa shape index (κ3) is 3.60. The number of fused-ring (bicyclic) bond motifs is 1. The number of carboxylic acids is 1. The maximum absolute atomic E-state index is 12.7. The van der Waals surface area contributed by atoms with Crippen LogP contribution in [0.25, 0.3) is 0 Å². The van der Waals surface area contributed by atoms with Crippen LogP contribution in [0.4, 0.5) is 0 Å². The summed E-state index contributed by atoms with van der Waals surface area (Å²) in [5.41, 5.74) is 1.67. The lowest BCUT2D eigenvalue weighted by Gasteiger charge is -2.27. The number of carbonyl (C=O) groups excluding carboxylic acids is 1.